The van der Waals surface area contributed by atoms with Crippen molar-refractivity contribution in [3.05, 3.63) is 83.6 Å². The molecule has 21 heavy (non-hydrogen) atoms. The molecule has 2 aromatic carbocycles. The fourth-order valence-corrected chi connectivity index (χ4v) is 1.96. The monoisotopic (exact) mass is 282 g/mol. The number of carbonyl (C=O) groups is 1. The first-order valence-corrected chi connectivity index (χ1v) is 6.88. The van der Waals surface area contributed by atoms with Crippen LogP contribution in [-0.4, -0.2) is 11.1 Å². The maximum atomic E-state index is 11.9. The van der Waals surface area contributed by atoms with Crippen LogP contribution in [0.3, 0.4) is 0 Å². The standard InChI is InChI=1S/C18H18O3/c19-13-17(12-11-15-7-3-1-4-8-15)18(20)21-14-16-9-5-2-6-10-16/h1-10,13,19H,11-12,14H2/b17-13+. The summed E-state index contributed by atoms with van der Waals surface area (Å²) in [6, 6.07) is 19.3. The minimum Gasteiger partial charge on any atom is -0.515 e. The van der Waals surface area contributed by atoms with Crippen molar-refractivity contribution in [2.75, 3.05) is 0 Å². The number of hydrogen-bond donors (Lipinski definition) is 1. The molecule has 0 heterocycles. The maximum absolute atomic E-state index is 11.9. The first-order valence-electron chi connectivity index (χ1n) is 6.88. The van der Waals surface area contributed by atoms with Crippen molar-refractivity contribution in [1.82, 2.24) is 0 Å². The Morgan fingerprint density at radius 3 is 2.10 bits per heavy atom. The fourth-order valence-electron chi connectivity index (χ4n) is 1.96. The minimum atomic E-state index is -0.475. The van der Waals surface area contributed by atoms with Crippen molar-refractivity contribution in [3.8, 4) is 0 Å². The average Bonchev–Trinajstić information content (AvgIpc) is 2.55. The molecule has 0 saturated heterocycles. The van der Waals surface area contributed by atoms with Crippen molar-refractivity contribution in [2.45, 2.75) is 19.4 Å². The van der Waals surface area contributed by atoms with Gasteiger partial charge in [-0.15, -0.1) is 0 Å². The van der Waals surface area contributed by atoms with Crippen molar-refractivity contribution < 1.29 is 14.6 Å². The lowest BCUT2D eigenvalue weighted by Crippen LogP contribution is -2.09. The van der Waals surface area contributed by atoms with Gasteiger partial charge in [-0.25, -0.2) is 4.79 Å². The molecule has 2 rings (SSSR count). The zero-order valence-corrected chi connectivity index (χ0v) is 11.7. The highest BCUT2D eigenvalue weighted by Gasteiger charge is 2.11. The summed E-state index contributed by atoms with van der Waals surface area (Å²) in [6.07, 6.45) is 1.98. The zero-order valence-electron chi connectivity index (χ0n) is 11.7. The van der Waals surface area contributed by atoms with Gasteiger partial charge >= 0.3 is 5.97 Å². The number of benzene rings is 2. The van der Waals surface area contributed by atoms with Crippen LogP contribution in [-0.2, 0) is 22.6 Å². The van der Waals surface area contributed by atoms with Gasteiger partial charge in [0.15, 0.2) is 0 Å². The van der Waals surface area contributed by atoms with Gasteiger partial charge in [0.25, 0.3) is 0 Å². The first kappa shape index (κ1) is 14.9. The van der Waals surface area contributed by atoms with Crippen molar-refractivity contribution >= 4 is 5.97 Å². The molecule has 0 atom stereocenters. The van der Waals surface area contributed by atoms with Gasteiger partial charge in [0, 0.05) is 0 Å². The maximum Gasteiger partial charge on any atom is 0.337 e. The van der Waals surface area contributed by atoms with Gasteiger partial charge in [-0.1, -0.05) is 60.7 Å². The van der Waals surface area contributed by atoms with E-state index >= 15 is 0 Å². The fraction of sp³-hybridized carbons (Fsp3) is 0.167. The van der Waals surface area contributed by atoms with E-state index in [-0.39, 0.29) is 12.2 Å². The summed E-state index contributed by atoms with van der Waals surface area (Å²) in [7, 11) is 0. The van der Waals surface area contributed by atoms with Crippen molar-refractivity contribution in [1.29, 1.82) is 0 Å². The number of rotatable bonds is 6. The largest absolute Gasteiger partial charge is 0.515 e. The predicted molar refractivity (Wildman–Crippen MR) is 81.7 cm³/mol. The quantitative estimate of drug-likeness (QED) is 0.498. The summed E-state index contributed by atoms with van der Waals surface area (Å²) in [5.41, 5.74) is 2.33. The van der Waals surface area contributed by atoms with Crippen molar-refractivity contribution in [2.24, 2.45) is 0 Å². The number of aliphatic hydroxyl groups is 1. The molecule has 0 radical (unpaired) electrons. The average molecular weight is 282 g/mol. The number of carbonyl (C=O) groups excluding carboxylic acids is 1. The molecule has 0 amide bonds. The molecule has 0 aliphatic heterocycles. The SMILES string of the molecule is O=C(OCc1ccccc1)/C(=C/O)CCc1ccccc1. The number of esters is 1. The van der Waals surface area contributed by atoms with Gasteiger partial charge in [0.1, 0.15) is 6.61 Å². The second-order valence-corrected chi connectivity index (χ2v) is 4.70. The molecule has 0 fully saturated rings. The second kappa shape index (κ2) is 7.90. The second-order valence-electron chi connectivity index (χ2n) is 4.70. The zero-order chi connectivity index (χ0) is 14.9. The van der Waals surface area contributed by atoms with E-state index in [9.17, 15) is 9.90 Å². The first-order chi connectivity index (χ1) is 10.3. The number of hydrogen-bond acceptors (Lipinski definition) is 3. The summed E-state index contributed by atoms with van der Waals surface area (Å²) < 4.78 is 5.20. The van der Waals surface area contributed by atoms with E-state index in [0.717, 1.165) is 17.4 Å². The van der Waals surface area contributed by atoms with Crippen LogP contribution in [0.1, 0.15) is 17.5 Å². The Balaban J connectivity index is 1.84. The van der Waals surface area contributed by atoms with E-state index in [0.29, 0.717) is 12.8 Å². The van der Waals surface area contributed by atoms with Crippen LogP contribution >= 0.6 is 0 Å². The summed E-state index contributed by atoms with van der Waals surface area (Å²) in [5, 5.41) is 9.21. The number of aliphatic hydroxyl groups excluding tert-OH is 1. The number of ether oxygens (including phenoxy) is 1. The highest BCUT2D eigenvalue weighted by Crippen LogP contribution is 2.11. The Kier molecular flexibility index (Phi) is 5.59. The number of aryl methyl sites for hydroxylation is 1. The molecule has 0 aromatic heterocycles. The van der Waals surface area contributed by atoms with Crippen LogP contribution in [0.25, 0.3) is 0 Å². The lowest BCUT2D eigenvalue weighted by molar-refractivity contribution is -0.140. The van der Waals surface area contributed by atoms with Gasteiger partial charge in [-0.3, -0.25) is 0 Å². The van der Waals surface area contributed by atoms with E-state index in [2.05, 4.69) is 0 Å². The highest BCUT2D eigenvalue weighted by molar-refractivity contribution is 5.88. The molecule has 2 aromatic rings. The third kappa shape index (κ3) is 4.80. The Hall–Kier alpha value is -2.55. The summed E-state index contributed by atoms with van der Waals surface area (Å²) in [4.78, 5) is 11.9. The molecule has 0 unspecified atom stereocenters. The highest BCUT2D eigenvalue weighted by atomic mass is 16.5. The van der Waals surface area contributed by atoms with E-state index < -0.39 is 5.97 Å². The molecule has 0 saturated carbocycles. The van der Waals surface area contributed by atoms with Crippen molar-refractivity contribution in [3.63, 3.8) is 0 Å². The third-order valence-corrected chi connectivity index (χ3v) is 3.16. The Morgan fingerprint density at radius 2 is 1.52 bits per heavy atom. The van der Waals surface area contributed by atoms with Crippen LogP contribution in [0, 0.1) is 0 Å². The lowest BCUT2D eigenvalue weighted by atomic mass is 10.1. The Morgan fingerprint density at radius 1 is 0.952 bits per heavy atom. The van der Waals surface area contributed by atoms with E-state index in [1.54, 1.807) is 0 Å². The molecular formula is C18H18O3. The molecule has 1 N–H and O–H groups in total. The molecule has 0 aliphatic carbocycles. The van der Waals surface area contributed by atoms with Gasteiger partial charge < -0.3 is 9.84 Å². The molecule has 3 nitrogen and oxygen atoms in total. The Bertz CT molecular complexity index is 588. The predicted octanol–water partition coefficient (Wildman–Crippen LogP) is 3.80. The summed E-state index contributed by atoms with van der Waals surface area (Å²) >= 11 is 0. The van der Waals surface area contributed by atoms with Gasteiger partial charge in [0.05, 0.1) is 11.8 Å². The topological polar surface area (TPSA) is 46.5 Å². The Labute approximate surface area is 124 Å². The molecule has 3 heteroatoms. The lowest BCUT2D eigenvalue weighted by Gasteiger charge is -2.07. The molecule has 0 aliphatic rings. The summed E-state index contributed by atoms with van der Waals surface area (Å²) in [6.45, 7) is 0.211. The molecule has 108 valence electrons. The van der Waals surface area contributed by atoms with Crippen LogP contribution < -0.4 is 0 Å². The molecule has 0 spiro atoms. The van der Waals surface area contributed by atoms with Gasteiger partial charge in [-0.2, -0.15) is 0 Å². The van der Waals surface area contributed by atoms with E-state index in [1.165, 1.54) is 0 Å². The molecular weight excluding hydrogens is 264 g/mol. The van der Waals surface area contributed by atoms with Gasteiger partial charge in [-0.05, 0) is 24.0 Å². The summed E-state index contributed by atoms with van der Waals surface area (Å²) in [5.74, 6) is -0.475. The van der Waals surface area contributed by atoms with E-state index in [4.69, 9.17) is 4.74 Å². The van der Waals surface area contributed by atoms with E-state index in [1.807, 2.05) is 60.7 Å². The smallest absolute Gasteiger partial charge is 0.337 e. The minimum absolute atomic E-state index is 0.211. The van der Waals surface area contributed by atoms with Crippen LogP contribution in [0.4, 0.5) is 0 Å². The van der Waals surface area contributed by atoms with Crippen LogP contribution in [0.5, 0.6) is 0 Å². The van der Waals surface area contributed by atoms with Gasteiger partial charge in [0.2, 0.25) is 0 Å². The van der Waals surface area contributed by atoms with Crippen LogP contribution in [0.15, 0.2) is 72.5 Å². The third-order valence-electron chi connectivity index (χ3n) is 3.16. The normalized spacial score (nSPS) is 11.1. The van der Waals surface area contributed by atoms with Crippen LogP contribution in [0.2, 0.25) is 0 Å². The molecule has 0 bridgehead atoms.